The summed E-state index contributed by atoms with van der Waals surface area (Å²) >= 11 is 0. The molecule has 0 saturated carbocycles. The number of benzene rings is 1. The molecule has 0 aromatic heterocycles. The van der Waals surface area contributed by atoms with Crippen molar-refractivity contribution in [3.63, 3.8) is 0 Å². The third-order valence-electron chi connectivity index (χ3n) is 2.31. The summed E-state index contributed by atoms with van der Waals surface area (Å²) in [5, 5.41) is 2.82. The van der Waals surface area contributed by atoms with Crippen LogP contribution in [0, 0.1) is 0 Å². The molecule has 0 radical (unpaired) electrons. The molecule has 94 valence electrons. The quantitative estimate of drug-likeness (QED) is 0.787. The normalized spacial score (nSPS) is 11.9. The lowest BCUT2D eigenvalue weighted by molar-refractivity contribution is 0.0953. The molecule has 3 N–H and O–H groups in total. The molecule has 1 aromatic rings. The maximum Gasteiger partial charge on any atom is 0.251 e. The van der Waals surface area contributed by atoms with Crippen molar-refractivity contribution in [3.8, 4) is 5.75 Å². The molecule has 0 aliphatic heterocycles. The highest BCUT2D eigenvalue weighted by molar-refractivity contribution is 5.94. The molecule has 0 spiro atoms. The zero-order valence-electron chi connectivity index (χ0n) is 10.4. The molecule has 1 rings (SSSR count). The standard InChI is InChI=1S/C13H20N2O2/c1-3-17-12-6-4-11(5-7-12)13(16)15-9-8-10(2)14/h4-7,10H,3,8-9,14H2,1-2H3,(H,15,16). The van der Waals surface area contributed by atoms with E-state index >= 15 is 0 Å². The Morgan fingerprint density at radius 3 is 2.59 bits per heavy atom. The minimum absolute atomic E-state index is 0.0753. The lowest BCUT2D eigenvalue weighted by Crippen LogP contribution is -2.28. The average Bonchev–Trinajstić information content (AvgIpc) is 2.30. The minimum Gasteiger partial charge on any atom is -0.494 e. The Balaban J connectivity index is 2.46. The summed E-state index contributed by atoms with van der Waals surface area (Å²) in [5.41, 5.74) is 6.24. The van der Waals surface area contributed by atoms with Crippen molar-refractivity contribution in [1.29, 1.82) is 0 Å². The van der Waals surface area contributed by atoms with Crippen molar-refractivity contribution in [3.05, 3.63) is 29.8 Å². The highest BCUT2D eigenvalue weighted by Gasteiger charge is 2.05. The van der Waals surface area contributed by atoms with E-state index in [0.29, 0.717) is 18.7 Å². The van der Waals surface area contributed by atoms with Gasteiger partial charge >= 0.3 is 0 Å². The van der Waals surface area contributed by atoms with Gasteiger partial charge in [0.2, 0.25) is 0 Å². The van der Waals surface area contributed by atoms with Crippen molar-refractivity contribution in [2.75, 3.05) is 13.2 Å². The van der Waals surface area contributed by atoms with Crippen molar-refractivity contribution < 1.29 is 9.53 Å². The lowest BCUT2D eigenvalue weighted by atomic mass is 10.2. The number of ether oxygens (including phenoxy) is 1. The van der Waals surface area contributed by atoms with E-state index in [0.717, 1.165) is 12.2 Å². The number of amides is 1. The van der Waals surface area contributed by atoms with Gasteiger partial charge in [0, 0.05) is 18.2 Å². The van der Waals surface area contributed by atoms with E-state index in [9.17, 15) is 4.79 Å². The third kappa shape index (κ3) is 4.87. The fourth-order valence-corrected chi connectivity index (χ4v) is 1.38. The highest BCUT2D eigenvalue weighted by atomic mass is 16.5. The van der Waals surface area contributed by atoms with E-state index < -0.39 is 0 Å². The number of hydrogen-bond donors (Lipinski definition) is 2. The van der Waals surface area contributed by atoms with Crippen molar-refractivity contribution in [1.82, 2.24) is 5.32 Å². The molecule has 1 unspecified atom stereocenters. The first-order chi connectivity index (χ1) is 8.13. The Morgan fingerprint density at radius 1 is 1.41 bits per heavy atom. The SMILES string of the molecule is CCOc1ccc(C(=O)NCCC(C)N)cc1. The largest absolute Gasteiger partial charge is 0.494 e. The van der Waals surface area contributed by atoms with Gasteiger partial charge in [-0.3, -0.25) is 4.79 Å². The van der Waals surface area contributed by atoms with Crippen LogP contribution in [0.15, 0.2) is 24.3 Å². The van der Waals surface area contributed by atoms with Gasteiger partial charge in [0.15, 0.2) is 0 Å². The van der Waals surface area contributed by atoms with Gasteiger partial charge in [0.25, 0.3) is 5.91 Å². The van der Waals surface area contributed by atoms with Crippen LogP contribution >= 0.6 is 0 Å². The zero-order valence-corrected chi connectivity index (χ0v) is 10.4. The Morgan fingerprint density at radius 2 is 2.06 bits per heavy atom. The Bertz CT molecular complexity index is 347. The molecule has 1 atom stereocenters. The fraction of sp³-hybridized carbons (Fsp3) is 0.462. The molecular weight excluding hydrogens is 216 g/mol. The second kappa shape index (κ2) is 6.91. The van der Waals surface area contributed by atoms with Crippen molar-refractivity contribution in [2.45, 2.75) is 26.3 Å². The monoisotopic (exact) mass is 236 g/mol. The summed E-state index contributed by atoms with van der Waals surface area (Å²) in [5.74, 6) is 0.702. The molecule has 17 heavy (non-hydrogen) atoms. The van der Waals surface area contributed by atoms with Crippen LogP contribution in [0.5, 0.6) is 5.75 Å². The Labute approximate surface area is 102 Å². The van der Waals surface area contributed by atoms with E-state index in [-0.39, 0.29) is 11.9 Å². The summed E-state index contributed by atoms with van der Waals surface area (Å²) in [6.45, 7) is 5.07. The fourth-order valence-electron chi connectivity index (χ4n) is 1.38. The molecule has 1 amide bonds. The summed E-state index contributed by atoms with van der Waals surface area (Å²) in [4.78, 5) is 11.7. The van der Waals surface area contributed by atoms with Crippen LogP contribution in [0.4, 0.5) is 0 Å². The van der Waals surface area contributed by atoms with E-state index in [1.54, 1.807) is 24.3 Å². The maximum absolute atomic E-state index is 11.7. The summed E-state index contributed by atoms with van der Waals surface area (Å²) in [6, 6.07) is 7.21. The number of nitrogens with one attached hydrogen (secondary N) is 1. The molecule has 1 aromatic carbocycles. The van der Waals surface area contributed by atoms with Crippen LogP contribution in [0.3, 0.4) is 0 Å². The highest BCUT2D eigenvalue weighted by Crippen LogP contribution is 2.11. The second-order valence-corrected chi connectivity index (χ2v) is 3.98. The molecule has 4 heteroatoms. The number of carbonyl (C=O) groups excluding carboxylic acids is 1. The van der Waals surface area contributed by atoms with E-state index in [4.69, 9.17) is 10.5 Å². The summed E-state index contributed by atoms with van der Waals surface area (Å²) in [6.07, 6.45) is 0.781. The smallest absolute Gasteiger partial charge is 0.251 e. The van der Waals surface area contributed by atoms with Gasteiger partial charge in [-0.1, -0.05) is 0 Å². The van der Waals surface area contributed by atoms with Gasteiger partial charge in [0.1, 0.15) is 5.75 Å². The maximum atomic E-state index is 11.7. The summed E-state index contributed by atoms with van der Waals surface area (Å²) in [7, 11) is 0. The number of hydrogen-bond acceptors (Lipinski definition) is 3. The van der Waals surface area contributed by atoms with Gasteiger partial charge in [-0.15, -0.1) is 0 Å². The van der Waals surface area contributed by atoms with E-state index in [1.807, 2.05) is 13.8 Å². The van der Waals surface area contributed by atoms with Gasteiger partial charge < -0.3 is 15.8 Å². The molecular formula is C13H20N2O2. The molecule has 0 aliphatic carbocycles. The number of carbonyl (C=O) groups is 1. The summed E-state index contributed by atoms with van der Waals surface area (Å²) < 4.78 is 5.30. The first kappa shape index (κ1) is 13.5. The third-order valence-corrected chi connectivity index (χ3v) is 2.31. The van der Waals surface area contributed by atoms with Crippen LogP contribution < -0.4 is 15.8 Å². The van der Waals surface area contributed by atoms with Gasteiger partial charge in [-0.05, 0) is 44.5 Å². The van der Waals surface area contributed by atoms with Crippen molar-refractivity contribution >= 4 is 5.91 Å². The second-order valence-electron chi connectivity index (χ2n) is 3.98. The predicted molar refractivity (Wildman–Crippen MR) is 68.2 cm³/mol. The molecule has 0 saturated heterocycles. The Hall–Kier alpha value is -1.55. The van der Waals surface area contributed by atoms with Crippen LogP contribution in [0.1, 0.15) is 30.6 Å². The van der Waals surface area contributed by atoms with Gasteiger partial charge in [0.05, 0.1) is 6.61 Å². The first-order valence-corrected chi connectivity index (χ1v) is 5.90. The lowest BCUT2D eigenvalue weighted by Gasteiger charge is -2.08. The zero-order chi connectivity index (χ0) is 12.7. The molecule has 0 aliphatic rings. The van der Waals surface area contributed by atoms with Crippen LogP contribution in [-0.2, 0) is 0 Å². The Kier molecular flexibility index (Phi) is 5.49. The number of nitrogens with two attached hydrogens (primary N) is 1. The minimum atomic E-state index is -0.0753. The average molecular weight is 236 g/mol. The van der Waals surface area contributed by atoms with Crippen LogP contribution in [0.2, 0.25) is 0 Å². The molecule has 0 bridgehead atoms. The molecule has 0 heterocycles. The van der Waals surface area contributed by atoms with E-state index in [1.165, 1.54) is 0 Å². The topological polar surface area (TPSA) is 64.3 Å². The molecule has 0 fully saturated rings. The first-order valence-electron chi connectivity index (χ1n) is 5.90. The number of rotatable bonds is 6. The van der Waals surface area contributed by atoms with Crippen LogP contribution in [-0.4, -0.2) is 25.1 Å². The predicted octanol–water partition coefficient (Wildman–Crippen LogP) is 1.55. The van der Waals surface area contributed by atoms with Gasteiger partial charge in [-0.2, -0.15) is 0 Å². The molecule has 4 nitrogen and oxygen atoms in total. The van der Waals surface area contributed by atoms with Crippen LogP contribution in [0.25, 0.3) is 0 Å². The van der Waals surface area contributed by atoms with E-state index in [2.05, 4.69) is 5.32 Å². The van der Waals surface area contributed by atoms with Gasteiger partial charge in [-0.25, -0.2) is 0 Å². The van der Waals surface area contributed by atoms with Crippen molar-refractivity contribution in [2.24, 2.45) is 5.73 Å².